The van der Waals surface area contributed by atoms with Gasteiger partial charge in [0.25, 0.3) is 0 Å². The summed E-state index contributed by atoms with van der Waals surface area (Å²) in [4.78, 5) is 17.4. The number of aromatic amines is 2. The van der Waals surface area contributed by atoms with Gasteiger partial charge in [0.1, 0.15) is 6.10 Å². The van der Waals surface area contributed by atoms with E-state index < -0.39 is 6.10 Å². The van der Waals surface area contributed by atoms with Crippen LogP contribution >= 0.6 is 0 Å². The van der Waals surface area contributed by atoms with E-state index in [1.807, 2.05) is 19.0 Å². The van der Waals surface area contributed by atoms with Crippen molar-refractivity contribution in [2.75, 3.05) is 20.6 Å². The molecule has 0 aliphatic rings. The number of hydrogen-bond donors (Lipinski definition) is 3. The van der Waals surface area contributed by atoms with Gasteiger partial charge in [-0.2, -0.15) is 0 Å². The first kappa shape index (κ1) is 9.02. The van der Waals surface area contributed by atoms with E-state index in [1.165, 1.54) is 6.20 Å². The van der Waals surface area contributed by atoms with Gasteiger partial charge in [-0.15, -0.1) is 0 Å². The number of imidazole rings is 1. The second-order valence-corrected chi connectivity index (χ2v) is 2.98. The molecule has 0 saturated carbocycles. The molecule has 1 rings (SSSR count). The van der Waals surface area contributed by atoms with E-state index in [2.05, 4.69) is 9.97 Å². The van der Waals surface area contributed by atoms with E-state index in [0.29, 0.717) is 12.2 Å². The first-order valence-electron chi connectivity index (χ1n) is 3.70. The molecule has 1 aromatic heterocycles. The Balaban J connectivity index is 2.65. The third kappa shape index (κ3) is 2.21. The average molecular weight is 171 g/mol. The van der Waals surface area contributed by atoms with Crippen molar-refractivity contribution in [2.45, 2.75) is 6.10 Å². The fourth-order valence-corrected chi connectivity index (χ4v) is 0.970. The Kier molecular flexibility index (Phi) is 2.67. The van der Waals surface area contributed by atoms with Crippen molar-refractivity contribution in [3.8, 4) is 0 Å². The molecule has 0 aliphatic heterocycles. The van der Waals surface area contributed by atoms with Crippen LogP contribution in [0.5, 0.6) is 0 Å². The van der Waals surface area contributed by atoms with Crippen LogP contribution in [-0.2, 0) is 0 Å². The summed E-state index contributed by atoms with van der Waals surface area (Å²) in [5.41, 5.74) is 0.233. The van der Waals surface area contributed by atoms with Crippen molar-refractivity contribution < 1.29 is 5.11 Å². The smallest absolute Gasteiger partial charge is 0.323 e. The van der Waals surface area contributed by atoms with Crippen molar-refractivity contribution in [3.63, 3.8) is 0 Å². The maximum atomic E-state index is 10.6. The monoisotopic (exact) mass is 171 g/mol. The van der Waals surface area contributed by atoms with Crippen molar-refractivity contribution in [1.29, 1.82) is 0 Å². The summed E-state index contributed by atoms with van der Waals surface area (Å²) in [7, 11) is 3.71. The summed E-state index contributed by atoms with van der Waals surface area (Å²) in [5, 5.41) is 9.47. The molecule has 12 heavy (non-hydrogen) atoms. The first-order chi connectivity index (χ1) is 5.59. The Morgan fingerprint density at radius 1 is 1.67 bits per heavy atom. The van der Waals surface area contributed by atoms with Crippen LogP contribution in [0.2, 0.25) is 0 Å². The molecule has 0 aromatic carbocycles. The van der Waals surface area contributed by atoms with Gasteiger partial charge in [0.05, 0.1) is 5.69 Å². The molecule has 68 valence electrons. The number of nitrogens with zero attached hydrogens (tertiary/aromatic N) is 1. The van der Waals surface area contributed by atoms with Gasteiger partial charge in [-0.1, -0.05) is 0 Å². The van der Waals surface area contributed by atoms with E-state index in [0.717, 1.165) is 0 Å². The van der Waals surface area contributed by atoms with Crippen LogP contribution in [0, 0.1) is 0 Å². The second kappa shape index (κ2) is 3.55. The lowest BCUT2D eigenvalue weighted by Gasteiger charge is -2.13. The van der Waals surface area contributed by atoms with Crippen LogP contribution in [-0.4, -0.2) is 40.6 Å². The molecular formula is C7H13N3O2. The number of rotatable bonds is 3. The lowest BCUT2D eigenvalue weighted by Crippen LogP contribution is -2.20. The van der Waals surface area contributed by atoms with Crippen LogP contribution in [0.1, 0.15) is 11.8 Å². The van der Waals surface area contributed by atoms with Crippen LogP contribution in [0.4, 0.5) is 0 Å². The van der Waals surface area contributed by atoms with Gasteiger partial charge in [-0.3, -0.25) is 0 Å². The second-order valence-electron chi connectivity index (χ2n) is 2.98. The minimum Gasteiger partial charge on any atom is -0.385 e. The molecule has 1 heterocycles. The number of likely N-dealkylation sites (N-methyl/N-ethyl adjacent to an activating group) is 1. The van der Waals surface area contributed by atoms with Crippen molar-refractivity contribution in [2.24, 2.45) is 0 Å². The van der Waals surface area contributed by atoms with Gasteiger partial charge in [-0.05, 0) is 14.1 Å². The number of aliphatic hydroxyl groups excluding tert-OH is 1. The van der Waals surface area contributed by atoms with Gasteiger partial charge in [0, 0.05) is 12.7 Å². The highest BCUT2D eigenvalue weighted by atomic mass is 16.3. The predicted molar refractivity (Wildman–Crippen MR) is 44.9 cm³/mol. The quantitative estimate of drug-likeness (QED) is 0.563. The maximum absolute atomic E-state index is 10.6. The molecule has 0 bridgehead atoms. The van der Waals surface area contributed by atoms with Crippen LogP contribution in [0.3, 0.4) is 0 Å². The maximum Gasteiger partial charge on any atom is 0.323 e. The summed E-state index contributed by atoms with van der Waals surface area (Å²) >= 11 is 0. The molecule has 5 nitrogen and oxygen atoms in total. The normalized spacial score (nSPS) is 13.7. The zero-order valence-corrected chi connectivity index (χ0v) is 7.16. The molecule has 1 atom stereocenters. The summed E-state index contributed by atoms with van der Waals surface area (Å²) in [6, 6.07) is 0. The fourth-order valence-electron chi connectivity index (χ4n) is 0.970. The predicted octanol–water partition coefficient (Wildman–Crippen LogP) is -0.702. The molecule has 5 heteroatoms. The van der Waals surface area contributed by atoms with E-state index in [4.69, 9.17) is 0 Å². The van der Waals surface area contributed by atoms with Gasteiger partial charge in [0.15, 0.2) is 0 Å². The van der Waals surface area contributed by atoms with Crippen molar-refractivity contribution in [1.82, 2.24) is 14.9 Å². The third-order valence-electron chi connectivity index (χ3n) is 1.51. The van der Waals surface area contributed by atoms with Gasteiger partial charge in [-0.25, -0.2) is 4.79 Å². The topological polar surface area (TPSA) is 72.1 Å². The number of H-pyrrole nitrogens is 2. The molecule has 0 aliphatic carbocycles. The fraction of sp³-hybridized carbons (Fsp3) is 0.571. The Hall–Kier alpha value is -1.07. The lowest BCUT2D eigenvalue weighted by atomic mass is 10.3. The van der Waals surface area contributed by atoms with Gasteiger partial charge in [0.2, 0.25) is 0 Å². The molecule has 1 aromatic rings. The Morgan fingerprint density at radius 3 is 2.75 bits per heavy atom. The van der Waals surface area contributed by atoms with Crippen LogP contribution in [0.25, 0.3) is 0 Å². The average Bonchev–Trinajstić information content (AvgIpc) is 2.34. The highest BCUT2D eigenvalue weighted by Crippen LogP contribution is 2.06. The molecule has 0 fully saturated rings. The number of aromatic nitrogens is 2. The molecule has 3 N–H and O–H groups in total. The van der Waals surface area contributed by atoms with Crippen molar-refractivity contribution >= 4 is 0 Å². The standard InChI is InChI=1S/C7H13N3O2/c1-10(2)4-6(11)5-3-8-7(12)9-5/h3,6,11H,4H2,1-2H3,(H2,8,9,12). The largest absolute Gasteiger partial charge is 0.385 e. The zero-order valence-electron chi connectivity index (χ0n) is 7.16. The van der Waals surface area contributed by atoms with Crippen molar-refractivity contribution in [3.05, 3.63) is 22.4 Å². The molecular weight excluding hydrogens is 158 g/mol. The Labute approximate surface area is 70.0 Å². The summed E-state index contributed by atoms with van der Waals surface area (Å²) in [6.45, 7) is 0.494. The number of nitrogens with one attached hydrogen (secondary N) is 2. The molecule has 0 radical (unpaired) electrons. The van der Waals surface area contributed by atoms with E-state index in [9.17, 15) is 9.90 Å². The molecule has 0 spiro atoms. The molecule has 0 saturated heterocycles. The lowest BCUT2D eigenvalue weighted by molar-refractivity contribution is 0.134. The SMILES string of the molecule is CN(C)CC(O)c1c[nH]c(=O)[nH]1. The number of hydrogen-bond acceptors (Lipinski definition) is 3. The number of aliphatic hydroxyl groups is 1. The van der Waals surface area contributed by atoms with E-state index in [1.54, 1.807) is 0 Å². The van der Waals surface area contributed by atoms with E-state index >= 15 is 0 Å². The zero-order chi connectivity index (χ0) is 9.14. The Bertz CT molecular complexity index is 289. The summed E-state index contributed by atoms with van der Waals surface area (Å²) < 4.78 is 0. The third-order valence-corrected chi connectivity index (χ3v) is 1.51. The highest BCUT2D eigenvalue weighted by molar-refractivity contribution is 4.99. The summed E-state index contributed by atoms with van der Waals surface area (Å²) in [6.07, 6.45) is 0.843. The highest BCUT2D eigenvalue weighted by Gasteiger charge is 2.09. The minimum atomic E-state index is -0.640. The first-order valence-corrected chi connectivity index (χ1v) is 3.70. The molecule has 1 unspecified atom stereocenters. The van der Waals surface area contributed by atoms with Crippen LogP contribution in [0.15, 0.2) is 11.0 Å². The molecule has 0 amide bonds. The van der Waals surface area contributed by atoms with Gasteiger partial charge < -0.3 is 20.0 Å². The van der Waals surface area contributed by atoms with E-state index in [-0.39, 0.29) is 5.69 Å². The Morgan fingerprint density at radius 2 is 2.33 bits per heavy atom. The van der Waals surface area contributed by atoms with Crippen LogP contribution < -0.4 is 5.69 Å². The summed E-state index contributed by atoms with van der Waals surface area (Å²) in [5.74, 6) is 0. The van der Waals surface area contributed by atoms with Gasteiger partial charge >= 0.3 is 5.69 Å². The minimum absolute atomic E-state index is 0.289.